The Bertz CT molecular complexity index is 817. The molecule has 28 heavy (non-hydrogen) atoms. The number of unbranched alkanes of at least 4 members (excludes halogenated alkanes) is 2. The van der Waals surface area contributed by atoms with E-state index in [1.54, 1.807) is 13.2 Å². The van der Waals surface area contributed by atoms with Gasteiger partial charge in [-0.1, -0.05) is 38.8 Å². The standard InChI is InChI=1S/C23H28BrNO3/c1-4-6-7-14-28-21-12-9-18(16-22(21)27-3)10-13-23(26)25-20-11-8-17(5-2)15-19(20)24/h8-13,15-16H,4-7,14H2,1-3H3,(H,25,26)/b13-10+. The summed E-state index contributed by atoms with van der Waals surface area (Å²) in [6.45, 7) is 4.93. The molecule has 0 saturated carbocycles. The Balaban J connectivity index is 1.99. The first-order valence-electron chi connectivity index (χ1n) is 9.65. The van der Waals surface area contributed by atoms with E-state index in [0.717, 1.165) is 47.2 Å². The van der Waals surface area contributed by atoms with E-state index in [1.807, 2.05) is 36.4 Å². The fourth-order valence-electron chi connectivity index (χ4n) is 2.67. The number of carbonyl (C=O) groups excluding carboxylic acids is 1. The molecule has 4 nitrogen and oxygen atoms in total. The van der Waals surface area contributed by atoms with Crippen LogP contribution in [0.4, 0.5) is 5.69 Å². The molecule has 0 fully saturated rings. The minimum atomic E-state index is -0.191. The summed E-state index contributed by atoms with van der Waals surface area (Å²) >= 11 is 3.50. The molecule has 0 heterocycles. The monoisotopic (exact) mass is 445 g/mol. The van der Waals surface area contributed by atoms with Crippen molar-refractivity contribution in [2.45, 2.75) is 39.5 Å². The van der Waals surface area contributed by atoms with E-state index in [0.29, 0.717) is 12.4 Å². The van der Waals surface area contributed by atoms with Gasteiger partial charge < -0.3 is 14.8 Å². The van der Waals surface area contributed by atoms with E-state index in [2.05, 4.69) is 35.1 Å². The number of rotatable bonds is 10. The molecule has 5 heteroatoms. The summed E-state index contributed by atoms with van der Waals surface area (Å²) in [5.74, 6) is 1.20. The number of methoxy groups -OCH3 is 1. The van der Waals surface area contributed by atoms with Crippen LogP contribution in [0, 0.1) is 0 Å². The largest absolute Gasteiger partial charge is 0.493 e. The maximum atomic E-state index is 12.2. The number of anilines is 1. The van der Waals surface area contributed by atoms with Gasteiger partial charge in [0.2, 0.25) is 5.91 Å². The van der Waals surface area contributed by atoms with Crippen LogP contribution in [0.2, 0.25) is 0 Å². The van der Waals surface area contributed by atoms with Crippen molar-refractivity contribution in [2.75, 3.05) is 19.0 Å². The van der Waals surface area contributed by atoms with Crippen molar-refractivity contribution in [2.24, 2.45) is 0 Å². The molecular weight excluding hydrogens is 418 g/mol. The van der Waals surface area contributed by atoms with E-state index in [4.69, 9.17) is 9.47 Å². The predicted octanol–water partition coefficient (Wildman–Crippen LogP) is 6.24. The van der Waals surface area contributed by atoms with Gasteiger partial charge in [-0.15, -0.1) is 0 Å². The molecule has 0 bridgehead atoms. The van der Waals surface area contributed by atoms with Gasteiger partial charge in [0, 0.05) is 10.5 Å². The van der Waals surface area contributed by atoms with Crippen LogP contribution in [-0.4, -0.2) is 19.6 Å². The second-order valence-corrected chi connectivity index (χ2v) is 7.31. The van der Waals surface area contributed by atoms with Crippen LogP contribution < -0.4 is 14.8 Å². The minimum absolute atomic E-state index is 0.191. The lowest BCUT2D eigenvalue weighted by Gasteiger charge is -2.11. The molecule has 0 atom stereocenters. The third-order valence-electron chi connectivity index (χ3n) is 4.32. The molecule has 0 aromatic heterocycles. The number of carbonyl (C=O) groups is 1. The van der Waals surface area contributed by atoms with Crippen LogP contribution in [0.3, 0.4) is 0 Å². The smallest absolute Gasteiger partial charge is 0.248 e. The first kappa shape index (κ1) is 22.0. The van der Waals surface area contributed by atoms with Crippen LogP contribution in [-0.2, 0) is 11.2 Å². The number of hydrogen-bond acceptors (Lipinski definition) is 3. The van der Waals surface area contributed by atoms with E-state index in [1.165, 1.54) is 11.6 Å². The lowest BCUT2D eigenvalue weighted by atomic mass is 10.1. The average molecular weight is 446 g/mol. The Kier molecular flexibility index (Phi) is 9.08. The van der Waals surface area contributed by atoms with E-state index < -0.39 is 0 Å². The lowest BCUT2D eigenvalue weighted by molar-refractivity contribution is -0.111. The molecule has 2 rings (SSSR count). The predicted molar refractivity (Wildman–Crippen MR) is 119 cm³/mol. The van der Waals surface area contributed by atoms with Crippen LogP contribution in [0.25, 0.3) is 6.08 Å². The summed E-state index contributed by atoms with van der Waals surface area (Å²) < 4.78 is 12.1. The zero-order chi connectivity index (χ0) is 20.4. The summed E-state index contributed by atoms with van der Waals surface area (Å²) in [5, 5.41) is 2.88. The molecule has 0 saturated heterocycles. The van der Waals surface area contributed by atoms with E-state index in [-0.39, 0.29) is 5.91 Å². The normalized spacial score (nSPS) is 10.9. The highest BCUT2D eigenvalue weighted by molar-refractivity contribution is 9.10. The van der Waals surface area contributed by atoms with Crippen molar-refractivity contribution in [1.82, 2.24) is 0 Å². The summed E-state index contributed by atoms with van der Waals surface area (Å²) in [4.78, 5) is 12.2. The van der Waals surface area contributed by atoms with Crippen molar-refractivity contribution < 1.29 is 14.3 Å². The minimum Gasteiger partial charge on any atom is -0.493 e. The molecule has 1 amide bonds. The summed E-state index contributed by atoms with van der Waals surface area (Å²) in [7, 11) is 1.62. The maximum absolute atomic E-state index is 12.2. The van der Waals surface area contributed by atoms with Crippen molar-refractivity contribution in [1.29, 1.82) is 0 Å². The molecule has 0 spiro atoms. The van der Waals surface area contributed by atoms with Crippen LogP contribution in [0.5, 0.6) is 11.5 Å². The van der Waals surface area contributed by atoms with Gasteiger partial charge in [0.1, 0.15) is 0 Å². The average Bonchev–Trinajstić information content (AvgIpc) is 2.71. The third kappa shape index (κ3) is 6.71. The van der Waals surface area contributed by atoms with Gasteiger partial charge in [-0.3, -0.25) is 4.79 Å². The number of ether oxygens (including phenoxy) is 2. The Hall–Kier alpha value is -2.27. The molecular formula is C23H28BrNO3. The van der Waals surface area contributed by atoms with Gasteiger partial charge >= 0.3 is 0 Å². The molecule has 2 aromatic rings. The zero-order valence-corrected chi connectivity index (χ0v) is 18.3. The molecule has 150 valence electrons. The Morgan fingerprint density at radius 1 is 1.11 bits per heavy atom. The molecule has 0 unspecified atom stereocenters. The number of hydrogen-bond donors (Lipinski definition) is 1. The highest BCUT2D eigenvalue weighted by Crippen LogP contribution is 2.29. The van der Waals surface area contributed by atoms with E-state index >= 15 is 0 Å². The second-order valence-electron chi connectivity index (χ2n) is 6.46. The fraction of sp³-hybridized carbons (Fsp3) is 0.348. The Labute approximate surface area is 176 Å². The summed E-state index contributed by atoms with van der Waals surface area (Å²) in [5.41, 5.74) is 2.83. The molecule has 0 aliphatic heterocycles. The van der Waals surface area contributed by atoms with Crippen LogP contribution in [0.15, 0.2) is 46.9 Å². The summed E-state index contributed by atoms with van der Waals surface area (Å²) in [6, 6.07) is 11.6. The molecule has 0 aliphatic rings. The van der Waals surface area contributed by atoms with Crippen molar-refractivity contribution in [3.8, 4) is 11.5 Å². The molecule has 0 radical (unpaired) electrons. The number of nitrogens with one attached hydrogen (secondary N) is 1. The lowest BCUT2D eigenvalue weighted by Crippen LogP contribution is -2.08. The van der Waals surface area contributed by atoms with Crippen molar-refractivity contribution >= 4 is 33.6 Å². The Morgan fingerprint density at radius 2 is 1.93 bits per heavy atom. The first-order chi connectivity index (χ1) is 13.6. The number of benzene rings is 2. The number of halogens is 1. The molecule has 0 aliphatic carbocycles. The van der Waals surface area contributed by atoms with Crippen molar-refractivity contribution in [3.05, 3.63) is 58.1 Å². The van der Waals surface area contributed by atoms with Gasteiger partial charge in [0.05, 0.1) is 19.4 Å². The van der Waals surface area contributed by atoms with Crippen LogP contribution in [0.1, 0.15) is 44.2 Å². The number of amides is 1. The second kappa shape index (κ2) is 11.5. The van der Waals surface area contributed by atoms with Gasteiger partial charge in [0.25, 0.3) is 0 Å². The SMILES string of the molecule is CCCCCOc1ccc(/C=C/C(=O)Nc2ccc(CC)cc2Br)cc1OC. The first-order valence-corrected chi connectivity index (χ1v) is 10.4. The highest BCUT2D eigenvalue weighted by atomic mass is 79.9. The van der Waals surface area contributed by atoms with Gasteiger partial charge in [-0.25, -0.2) is 0 Å². The summed E-state index contributed by atoms with van der Waals surface area (Å²) in [6.07, 6.45) is 7.55. The van der Waals surface area contributed by atoms with Gasteiger partial charge in [0.15, 0.2) is 11.5 Å². The quantitative estimate of drug-likeness (QED) is 0.347. The number of aryl methyl sites for hydroxylation is 1. The maximum Gasteiger partial charge on any atom is 0.248 e. The fourth-order valence-corrected chi connectivity index (χ4v) is 3.19. The van der Waals surface area contributed by atoms with Gasteiger partial charge in [-0.05, 0) is 70.2 Å². The third-order valence-corrected chi connectivity index (χ3v) is 4.98. The van der Waals surface area contributed by atoms with Gasteiger partial charge in [-0.2, -0.15) is 0 Å². The van der Waals surface area contributed by atoms with Crippen molar-refractivity contribution in [3.63, 3.8) is 0 Å². The Morgan fingerprint density at radius 3 is 2.61 bits per heavy atom. The van der Waals surface area contributed by atoms with Crippen LogP contribution >= 0.6 is 15.9 Å². The molecule has 1 N–H and O–H groups in total. The highest BCUT2D eigenvalue weighted by Gasteiger charge is 2.06. The topological polar surface area (TPSA) is 47.6 Å². The van der Waals surface area contributed by atoms with E-state index in [9.17, 15) is 4.79 Å². The zero-order valence-electron chi connectivity index (χ0n) is 16.8. The molecule has 2 aromatic carbocycles.